The first-order valence-corrected chi connectivity index (χ1v) is 10.3. The topological polar surface area (TPSA) is 26.3 Å². The Morgan fingerprint density at radius 3 is 2.21 bits per heavy atom. The van der Waals surface area contributed by atoms with Crippen LogP contribution in [0.2, 0.25) is 0 Å². The van der Waals surface area contributed by atoms with Gasteiger partial charge in [-0.05, 0) is 51.4 Å². The van der Waals surface area contributed by atoms with Crippen molar-refractivity contribution >= 4 is 5.97 Å². The molecule has 0 spiro atoms. The highest BCUT2D eigenvalue weighted by atomic mass is 16.6. The van der Waals surface area contributed by atoms with Gasteiger partial charge in [-0.3, -0.25) is 0 Å². The van der Waals surface area contributed by atoms with Crippen molar-refractivity contribution in [2.45, 2.75) is 110 Å². The zero-order chi connectivity index (χ0) is 18.1. The minimum absolute atomic E-state index is 0.144. The van der Waals surface area contributed by atoms with Gasteiger partial charge in [-0.15, -0.1) is 0 Å². The Kier molecular flexibility index (Phi) is 9.08. The monoisotopic (exact) mass is 336 g/mol. The highest BCUT2D eigenvalue weighted by Crippen LogP contribution is 2.57. The molecule has 0 aromatic heterocycles. The molecule has 140 valence electrons. The zero-order valence-corrected chi connectivity index (χ0v) is 16.7. The average molecular weight is 337 g/mol. The molecule has 2 nitrogen and oxygen atoms in total. The van der Waals surface area contributed by atoms with Crippen LogP contribution in [-0.4, -0.2) is 11.6 Å². The van der Waals surface area contributed by atoms with Gasteiger partial charge in [0.15, 0.2) is 0 Å². The summed E-state index contributed by atoms with van der Waals surface area (Å²) >= 11 is 0. The second kappa shape index (κ2) is 10.3. The minimum Gasteiger partial charge on any atom is -0.456 e. The Hall–Kier alpha value is -0.790. The molecule has 1 rings (SSSR count). The first kappa shape index (κ1) is 21.3. The van der Waals surface area contributed by atoms with Crippen LogP contribution in [0.15, 0.2) is 12.7 Å². The van der Waals surface area contributed by atoms with E-state index >= 15 is 0 Å². The summed E-state index contributed by atoms with van der Waals surface area (Å²) < 4.78 is 6.09. The average Bonchev–Trinajstić information content (AvgIpc) is 2.58. The van der Waals surface area contributed by atoms with E-state index < -0.39 is 0 Å². The van der Waals surface area contributed by atoms with Crippen LogP contribution in [0, 0.1) is 11.3 Å². The van der Waals surface area contributed by atoms with E-state index in [2.05, 4.69) is 34.3 Å². The molecule has 0 radical (unpaired) electrons. The Balaban J connectivity index is 3.21. The van der Waals surface area contributed by atoms with E-state index in [9.17, 15) is 4.79 Å². The van der Waals surface area contributed by atoms with Crippen molar-refractivity contribution in [2.75, 3.05) is 0 Å². The van der Waals surface area contributed by atoms with E-state index in [1.807, 2.05) is 0 Å². The summed E-state index contributed by atoms with van der Waals surface area (Å²) in [5.74, 6) is 0.443. The van der Waals surface area contributed by atoms with Gasteiger partial charge in [0, 0.05) is 11.5 Å². The van der Waals surface area contributed by atoms with Crippen LogP contribution in [0.25, 0.3) is 0 Å². The first-order chi connectivity index (χ1) is 11.5. The molecule has 0 amide bonds. The van der Waals surface area contributed by atoms with Gasteiger partial charge >= 0.3 is 5.97 Å². The van der Waals surface area contributed by atoms with Crippen LogP contribution >= 0.6 is 0 Å². The predicted octanol–water partition coefficient (Wildman–Crippen LogP) is 6.83. The molecule has 0 aromatic rings. The molecular formula is C22H40O2. The van der Waals surface area contributed by atoms with Crippen molar-refractivity contribution in [3.8, 4) is 0 Å². The van der Waals surface area contributed by atoms with Crippen molar-refractivity contribution in [2.24, 2.45) is 11.3 Å². The highest BCUT2D eigenvalue weighted by molar-refractivity contribution is 5.81. The summed E-state index contributed by atoms with van der Waals surface area (Å²) in [6.07, 6.45) is 15.9. The molecule has 0 heterocycles. The van der Waals surface area contributed by atoms with E-state index in [0.717, 1.165) is 6.42 Å². The zero-order valence-electron chi connectivity index (χ0n) is 16.7. The molecule has 0 aliphatic heterocycles. The molecule has 1 aliphatic carbocycles. The Morgan fingerprint density at radius 2 is 1.71 bits per heavy atom. The third kappa shape index (κ3) is 4.86. The van der Waals surface area contributed by atoms with Crippen LogP contribution < -0.4 is 0 Å². The summed E-state index contributed by atoms with van der Waals surface area (Å²) in [5, 5.41) is 0. The van der Waals surface area contributed by atoms with Gasteiger partial charge in [0.1, 0.15) is 5.60 Å². The predicted molar refractivity (Wildman–Crippen MR) is 103 cm³/mol. The van der Waals surface area contributed by atoms with Crippen LogP contribution in [0.1, 0.15) is 105 Å². The fourth-order valence-electron chi connectivity index (χ4n) is 4.98. The molecule has 1 aliphatic rings. The van der Waals surface area contributed by atoms with Gasteiger partial charge in [0.25, 0.3) is 0 Å². The van der Waals surface area contributed by atoms with Gasteiger partial charge < -0.3 is 4.74 Å². The quantitative estimate of drug-likeness (QED) is 0.305. The normalized spacial score (nSPS) is 26.1. The van der Waals surface area contributed by atoms with E-state index in [1.165, 1.54) is 76.7 Å². The van der Waals surface area contributed by atoms with Crippen LogP contribution in [-0.2, 0) is 9.53 Å². The Bertz CT molecular complexity index is 379. The largest absolute Gasteiger partial charge is 0.456 e. The SMILES string of the molecule is C=CC(=O)OC1(C)CCCC(CCCC)C1(CCCC)CCCC. The maximum atomic E-state index is 12.1. The lowest BCUT2D eigenvalue weighted by atomic mass is 9.53. The van der Waals surface area contributed by atoms with Crippen LogP contribution in [0.4, 0.5) is 0 Å². The van der Waals surface area contributed by atoms with Gasteiger partial charge in [0.05, 0.1) is 0 Å². The number of esters is 1. The Morgan fingerprint density at radius 1 is 1.12 bits per heavy atom. The number of hydrogen-bond acceptors (Lipinski definition) is 2. The molecule has 2 heteroatoms. The van der Waals surface area contributed by atoms with E-state index in [4.69, 9.17) is 4.74 Å². The molecule has 0 bridgehead atoms. The smallest absolute Gasteiger partial charge is 0.330 e. The molecule has 2 unspecified atom stereocenters. The molecule has 1 fully saturated rings. The molecule has 1 saturated carbocycles. The van der Waals surface area contributed by atoms with Crippen molar-refractivity contribution in [1.29, 1.82) is 0 Å². The maximum Gasteiger partial charge on any atom is 0.330 e. The van der Waals surface area contributed by atoms with Gasteiger partial charge in [0.2, 0.25) is 0 Å². The molecule has 0 N–H and O–H groups in total. The third-order valence-corrected chi connectivity index (χ3v) is 6.39. The number of carbonyl (C=O) groups excluding carboxylic acids is 1. The minimum atomic E-state index is -0.334. The summed E-state index contributed by atoms with van der Waals surface area (Å²) in [5.41, 5.74) is -0.190. The summed E-state index contributed by atoms with van der Waals surface area (Å²) in [6, 6.07) is 0. The van der Waals surface area contributed by atoms with Gasteiger partial charge in [-0.2, -0.15) is 0 Å². The standard InChI is InChI=1S/C22H40O2/c1-6-10-14-19-15-13-16-21(5,24-20(23)9-4)22(19,17-11-7-2)18-12-8-3/h9,19H,4,6-8,10-18H2,1-3,5H3. The van der Waals surface area contributed by atoms with Crippen molar-refractivity contribution in [1.82, 2.24) is 0 Å². The second-order valence-corrected chi connectivity index (χ2v) is 7.95. The van der Waals surface area contributed by atoms with E-state index in [-0.39, 0.29) is 17.0 Å². The molecule has 0 saturated heterocycles. The highest BCUT2D eigenvalue weighted by Gasteiger charge is 2.55. The lowest BCUT2D eigenvalue weighted by Gasteiger charge is -2.56. The maximum absolute atomic E-state index is 12.1. The van der Waals surface area contributed by atoms with Gasteiger partial charge in [-0.1, -0.05) is 65.9 Å². The van der Waals surface area contributed by atoms with Crippen LogP contribution in [0.3, 0.4) is 0 Å². The van der Waals surface area contributed by atoms with Crippen molar-refractivity contribution in [3.05, 3.63) is 12.7 Å². The summed E-state index contributed by atoms with van der Waals surface area (Å²) in [4.78, 5) is 12.1. The number of hydrogen-bond donors (Lipinski definition) is 0. The van der Waals surface area contributed by atoms with Crippen LogP contribution in [0.5, 0.6) is 0 Å². The van der Waals surface area contributed by atoms with Crippen molar-refractivity contribution < 1.29 is 9.53 Å². The first-order valence-electron chi connectivity index (χ1n) is 10.3. The second-order valence-electron chi connectivity index (χ2n) is 7.95. The molecule has 24 heavy (non-hydrogen) atoms. The lowest BCUT2D eigenvalue weighted by molar-refractivity contribution is -0.192. The fourth-order valence-corrected chi connectivity index (χ4v) is 4.98. The summed E-state index contributed by atoms with van der Waals surface area (Å²) in [7, 11) is 0. The van der Waals surface area contributed by atoms with E-state index in [1.54, 1.807) is 0 Å². The number of carbonyl (C=O) groups is 1. The molecule has 0 aromatic carbocycles. The number of rotatable bonds is 11. The third-order valence-electron chi connectivity index (χ3n) is 6.39. The Labute approximate surface area is 150 Å². The number of unbranched alkanes of at least 4 members (excludes halogenated alkanes) is 3. The van der Waals surface area contributed by atoms with E-state index in [0.29, 0.717) is 5.92 Å². The lowest BCUT2D eigenvalue weighted by Crippen LogP contribution is -2.56. The number of ether oxygens (including phenoxy) is 1. The molecule has 2 atom stereocenters. The van der Waals surface area contributed by atoms with Gasteiger partial charge in [-0.25, -0.2) is 4.79 Å². The fraction of sp³-hybridized carbons (Fsp3) is 0.864. The summed E-state index contributed by atoms with van der Waals surface area (Å²) in [6.45, 7) is 12.7. The van der Waals surface area contributed by atoms with Crippen molar-refractivity contribution in [3.63, 3.8) is 0 Å². The molecular weight excluding hydrogens is 296 g/mol.